The molecule has 310 valence electrons. The normalized spacial score (nSPS) is 16.9. The van der Waals surface area contributed by atoms with Gasteiger partial charge in [-0.25, -0.2) is 9.65 Å². The molecule has 56 heavy (non-hydrogen) atoms. The van der Waals surface area contributed by atoms with Crippen LogP contribution in [0, 0.1) is 23.7 Å². The van der Waals surface area contributed by atoms with Crippen LogP contribution in [0.15, 0.2) is 29.8 Å². The monoisotopic (exact) mass is 818 g/mol. The Hall–Kier alpha value is -3.55. The van der Waals surface area contributed by atoms with E-state index in [2.05, 4.69) is 54.1 Å². The van der Waals surface area contributed by atoms with Crippen LogP contribution in [0.5, 0.6) is 0 Å². The lowest BCUT2D eigenvalue weighted by Gasteiger charge is -2.35. The third-order valence-corrected chi connectivity index (χ3v) is 11.8. The second kappa shape index (κ2) is 23.0. The second-order valence-corrected chi connectivity index (χ2v) is 17.4. The minimum Gasteiger partial charge on any atom is -0.461 e. The lowest BCUT2D eigenvalue weighted by molar-refractivity contribution is -0.147. The average Bonchev–Trinajstić information content (AvgIpc) is 3.75. The van der Waals surface area contributed by atoms with Gasteiger partial charge in [0.25, 0.3) is 8.53 Å². The third-order valence-electron chi connectivity index (χ3n) is 8.72. The highest BCUT2D eigenvalue weighted by Crippen LogP contribution is 2.45. The van der Waals surface area contributed by atoms with E-state index < -0.39 is 49.9 Å². The molecular formula is C39H59N6O9PS. The number of benzene rings is 1. The number of thiazole rings is 1. The molecule has 1 saturated heterocycles. The summed E-state index contributed by atoms with van der Waals surface area (Å²) in [4.78, 5) is 59.4. The molecule has 2 unspecified atom stereocenters. The zero-order valence-electron chi connectivity index (χ0n) is 34.2. The Labute approximate surface area is 336 Å². The molecule has 0 radical (unpaired) electrons. The van der Waals surface area contributed by atoms with Crippen LogP contribution < -0.4 is 10.6 Å². The maximum Gasteiger partial charge on any atom is 0.302 e. The van der Waals surface area contributed by atoms with Gasteiger partial charge < -0.3 is 38.8 Å². The van der Waals surface area contributed by atoms with Gasteiger partial charge in [-0.05, 0) is 51.2 Å². The van der Waals surface area contributed by atoms with Gasteiger partial charge in [-0.2, -0.15) is 5.26 Å². The summed E-state index contributed by atoms with van der Waals surface area (Å²) in [6, 6.07) is 8.37. The van der Waals surface area contributed by atoms with Gasteiger partial charge in [-0.1, -0.05) is 45.0 Å². The van der Waals surface area contributed by atoms with Crippen molar-refractivity contribution in [2.24, 2.45) is 5.41 Å². The molecule has 3 rings (SSSR count). The minimum absolute atomic E-state index is 0.0142. The molecule has 4 atom stereocenters. The molecular weight excluding hydrogens is 760 g/mol. The number of hydrogen-bond acceptors (Lipinski definition) is 13. The number of likely N-dealkylation sites (tertiary alicyclic amines) is 1. The topological polar surface area (TPSA) is 182 Å². The number of nitrogens with zero attached hydrogens (tertiary/aromatic N) is 4. The first kappa shape index (κ1) is 46.8. The Morgan fingerprint density at radius 1 is 1.02 bits per heavy atom. The van der Waals surface area contributed by atoms with Gasteiger partial charge in [-0.3, -0.25) is 19.2 Å². The Morgan fingerprint density at radius 2 is 1.66 bits per heavy atom. The third kappa shape index (κ3) is 14.8. The summed E-state index contributed by atoms with van der Waals surface area (Å²) in [6.07, 6.45) is -0.272. The maximum absolute atomic E-state index is 14.1. The molecule has 1 aliphatic rings. The van der Waals surface area contributed by atoms with Crippen LogP contribution in [0.3, 0.4) is 0 Å². The van der Waals surface area contributed by atoms with Gasteiger partial charge >= 0.3 is 5.97 Å². The lowest BCUT2D eigenvalue weighted by Crippen LogP contribution is -2.58. The van der Waals surface area contributed by atoms with Crippen LogP contribution in [-0.4, -0.2) is 115 Å². The first-order valence-electron chi connectivity index (χ1n) is 18.9. The van der Waals surface area contributed by atoms with Gasteiger partial charge in [0, 0.05) is 32.0 Å². The molecule has 15 nitrogen and oxygen atoms in total. The van der Waals surface area contributed by atoms with E-state index >= 15 is 0 Å². The van der Waals surface area contributed by atoms with Crippen LogP contribution >= 0.6 is 19.9 Å². The predicted molar refractivity (Wildman–Crippen MR) is 214 cm³/mol. The number of aryl methyl sites for hydroxylation is 1. The number of carbonyl (C=O) groups is 4. The Kier molecular flexibility index (Phi) is 19.2. The lowest BCUT2D eigenvalue weighted by atomic mass is 9.85. The standard InChI is InChI=1S/C39H59N6O9PS/c1-26(2)45(27(3)4)55(52-16-10-15-40)53-20-19-50-17-18-51-24-34(47)43-36(39(7,8)9)38(49)44-23-32(54-29(6)46)21-33(44)37(48)41-22-30-11-13-31(14-12-30)35-28(5)42-25-56-35/h11-14,25-27,32-33,36H,10,16-24H2,1-9H3,(H,41,48)(H,43,47)/t32-,33+,36?,55?/m1/s1. The number of rotatable bonds is 22. The summed E-state index contributed by atoms with van der Waals surface area (Å²) in [5, 5.41) is 14.6. The number of esters is 1. The van der Waals surface area contributed by atoms with Crippen molar-refractivity contribution in [3.05, 3.63) is 41.0 Å². The van der Waals surface area contributed by atoms with Crippen LogP contribution in [-0.2, 0) is 49.0 Å². The van der Waals surface area contributed by atoms with Crippen LogP contribution in [0.2, 0.25) is 0 Å². The van der Waals surface area contributed by atoms with Crippen molar-refractivity contribution < 1.29 is 42.4 Å². The van der Waals surface area contributed by atoms with E-state index in [1.165, 1.54) is 11.8 Å². The van der Waals surface area contributed by atoms with Crippen molar-refractivity contribution in [3.8, 4) is 16.5 Å². The minimum atomic E-state index is -1.37. The molecule has 17 heteroatoms. The van der Waals surface area contributed by atoms with Crippen molar-refractivity contribution in [1.29, 1.82) is 5.26 Å². The average molecular weight is 819 g/mol. The van der Waals surface area contributed by atoms with E-state index in [0.29, 0.717) is 0 Å². The molecule has 0 saturated carbocycles. The van der Waals surface area contributed by atoms with Crippen molar-refractivity contribution >= 4 is 43.6 Å². The fourth-order valence-electron chi connectivity index (χ4n) is 6.16. The molecule has 3 amide bonds. The van der Waals surface area contributed by atoms with Crippen LogP contribution in [0.1, 0.15) is 79.5 Å². The number of nitrogens with one attached hydrogen (secondary N) is 2. The van der Waals surface area contributed by atoms with Crippen molar-refractivity contribution in [3.63, 3.8) is 0 Å². The predicted octanol–water partition coefficient (Wildman–Crippen LogP) is 5.12. The van der Waals surface area contributed by atoms with E-state index in [4.69, 9.17) is 28.5 Å². The van der Waals surface area contributed by atoms with E-state index in [1.54, 1.807) is 16.8 Å². The van der Waals surface area contributed by atoms with Gasteiger partial charge in [-0.15, -0.1) is 11.3 Å². The molecule has 1 aromatic carbocycles. The number of aromatic nitrogens is 1. The Balaban J connectivity index is 1.52. The van der Waals surface area contributed by atoms with E-state index in [9.17, 15) is 19.2 Å². The van der Waals surface area contributed by atoms with Gasteiger partial charge in [0.2, 0.25) is 17.7 Å². The number of ether oxygens (including phenoxy) is 3. The maximum atomic E-state index is 14.1. The summed E-state index contributed by atoms with van der Waals surface area (Å²) >= 11 is 1.56. The summed E-state index contributed by atoms with van der Waals surface area (Å²) < 4.78 is 30.6. The van der Waals surface area contributed by atoms with E-state index in [-0.39, 0.29) is 83.6 Å². The van der Waals surface area contributed by atoms with Gasteiger partial charge in [0.05, 0.1) is 68.2 Å². The quantitative estimate of drug-likeness (QED) is 0.0911. The Bertz CT molecular complexity index is 1600. The van der Waals surface area contributed by atoms with Crippen LogP contribution in [0.4, 0.5) is 0 Å². The number of hydrogen-bond donors (Lipinski definition) is 2. The highest BCUT2D eigenvalue weighted by molar-refractivity contribution is 7.44. The molecule has 2 aromatic rings. The Morgan fingerprint density at radius 3 is 2.25 bits per heavy atom. The molecule has 1 aliphatic heterocycles. The molecule has 0 bridgehead atoms. The highest BCUT2D eigenvalue weighted by Gasteiger charge is 2.45. The first-order chi connectivity index (χ1) is 26.5. The summed E-state index contributed by atoms with van der Waals surface area (Å²) in [5.74, 6) is -1.86. The molecule has 2 heterocycles. The van der Waals surface area contributed by atoms with Crippen LogP contribution in [0.25, 0.3) is 10.4 Å². The van der Waals surface area contributed by atoms with Crippen molar-refractivity contribution in [1.82, 2.24) is 25.2 Å². The van der Waals surface area contributed by atoms with E-state index in [0.717, 1.165) is 21.7 Å². The zero-order valence-corrected chi connectivity index (χ0v) is 35.9. The molecule has 2 N–H and O–H groups in total. The SMILES string of the molecule is CC(=O)O[C@@H]1C[C@@H](C(=O)NCc2ccc(-c3scnc3C)cc2)N(C(=O)C(NC(=O)COCCOCCOP(OCCC#N)N(C(C)C)C(C)C)C(C)(C)C)C1. The second-order valence-electron chi connectivity index (χ2n) is 15.1. The van der Waals surface area contributed by atoms with E-state index in [1.807, 2.05) is 52.0 Å². The smallest absolute Gasteiger partial charge is 0.302 e. The molecule has 0 spiro atoms. The van der Waals surface area contributed by atoms with Crippen molar-refractivity contribution in [2.75, 3.05) is 46.2 Å². The summed E-state index contributed by atoms with van der Waals surface area (Å²) in [5.41, 5.74) is 3.95. The highest BCUT2D eigenvalue weighted by atomic mass is 32.1. The molecule has 0 aliphatic carbocycles. The largest absolute Gasteiger partial charge is 0.461 e. The fraction of sp³-hybridized carbons (Fsp3) is 0.641. The zero-order chi connectivity index (χ0) is 41.4. The molecule has 1 fully saturated rings. The first-order valence-corrected chi connectivity index (χ1v) is 20.9. The number of amides is 3. The van der Waals surface area contributed by atoms with Gasteiger partial charge in [0.15, 0.2) is 0 Å². The van der Waals surface area contributed by atoms with Crippen molar-refractivity contribution in [2.45, 2.75) is 112 Å². The number of carbonyl (C=O) groups excluding carboxylic acids is 4. The number of nitriles is 1. The fourth-order valence-corrected chi connectivity index (χ4v) is 8.54. The van der Waals surface area contributed by atoms with Gasteiger partial charge in [0.1, 0.15) is 24.8 Å². The summed E-state index contributed by atoms with van der Waals surface area (Å²) in [7, 11) is -1.37. The molecule has 1 aromatic heterocycles. The summed E-state index contributed by atoms with van der Waals surface area (Å²) in [6.45, 7) is 18.1.